The molecule has 0 spiro atoms. The predicted octanol–water partition coefficient (Wildman–Crippen LogP) is 3.67. The fraction of sp³-hybridized carbons (Fsp3) is 0. The third kappa shape index (κ3) is 2.62. The highest BCUT2D eigenvalue weighted by Crippen LogP contribution is 2.22. The van der Waals surface area contributed by atoms with Crippen molar-refractivity contribution in [1.29, 1.82) is 0 Å². The highest BCUT2D eigenvalue weighted by Gasteiger charge is 2.09. The van der Waals surface area contributed by atoms with Crippen LogP contribution in [0, 0.1) is 5.82 Å². The molecule has 6 heteroatoms. The molecule has 4 rings (SSSR count). The van der Waals surface area contributed by atoms with E-state index in [2.05, 4.69) is 20.4 Å². The first kappa shape index (κ1) is 13.4. The monoisotopic (exact) mass is 305 g/mol. The lowest BCUT2D eigenvalue weighted by Gasteiger charge is -2.04. The Morgan fingerprint density at radius 2 is 1.91 bits per heavy atom. The average molecular weight is 305 g/mol. The fourth-order valence-electron chi connectivity index (χ4n) is 2.39. The minimum atomic E-state index is -0.284. The van der Waals surface area contributed by atoms with Gasteiger partial charge in [-0.05, 0) is 36.4 Å². The summed E-state index contributed by atoms with van der Waals surface area (Å²) < 4.78 is 15.2. The number of pyridine rings is 2. The fourth-order valence-corrected chi connectivity index (χ4v) is 2.39. The number of halogens is 1. The van der Waals surface area contributed by atoms with E-state index in [0.29, 0.717) is 11.6 Å². The van der Waals surface area contributed by atoms with Gasteiger partial charge in [0.25, 0.3) is 0 Å². The van der Waals surface area contributed by atoms with E-state index in [1.807, 2.05) is 36.4 Å². The molecule has 4 aromatic rings. The zero-order valence-electron chi connectivity index (χ0n) is 12.0. The number of nitrogens with zero attached hydrogens (tertiary/aromatic N) is 4. The quantitative estimate of drug-likeness (QED) is 0.627. The van der Waals surface area contributed by atoms with Crippen LogP contribution in [0.5, 0.6) is 0 Å². The number of aromatic nitrogens is 4. The first-order valence-corrected chi connectivity index (χ1v) is 7.08. The Morgan fingerprint density at radius 3 is 2.74 bits per heavy atom. The number of rotatable bonds is 3. The van der Waals surface area contributed by atoms with Crippen molar-refractivity contribution in [3.8, 4) is 11.3 Å². The van der Waals surface area contributed by atoms with Gasteiger partial charge in [-0.25, -0.2) is 8.91 Å². The average Bonchev–Trinajstić information content (AvgIpc) is 2.98. The van der Waals surface area contributed by atoms with E-state index in [-0.39, 0.29) is 5.82 Å². The lowest BCUT2D eigenvalue weighted by molar-refractivity contribution is 0.628. The van der Waals surface area contributed by atoms with Crippen LogP contribution >= 0.6 is 0 Å². The summed E-state index contributed by atoms with van der Waals surface area (Å²) >= 11 is 0. The molecule has 3 heterocycles. The topological polar surface area (TPSA) is 55.1 Å². The Balaban J connectivity index is 1.79. The van der Waals surface area contributed by atoms with Crippen LogP contribution in [0.4, 0.5) is 16.0 Å². The van der Waals surface area contributed by atoms with Gasteiger partial charge in [-0.2, -0.15) is 4.98 Å². The molecule has 0 amide bonds. The van der Waals surface area contributed by atoms with Crippen molar-refractivity contribution in [2.24, 2.45) is 0 Å². The molecule has 0 unspecified atom stereocenters. The highest BCUT2D eigenvalue weighted by atomic mass is 19.1. The van der Waals surface area contributed by atoms with E-state index in [1.165, 1.54) is 12.1 Å². The maximum atomic E-state index is 13.5. The van der Waals surface area contributed by atoms with Crippen LogP contribution in [0.3, 0.4) is 0 Å². The number of anilines is 2. The van der Waals surface area contributed by atoms with Crippen LogP contribution < -0.4 is 5.32 Å². The Bertz CT molecular complexity index is 965. The maximum Gasteiger partial charge on any atom is 0.247 e. The van der Waals surface area contributed by atoms with Crippen LogP contribution in [-0.4, -0.2) is 19.6 Å². The molecule has 0 aliphatic heterocycles. The molecule has 0 saturated heterocycles. The smallest absolute Gasteiger partial charge is 0.247 e. The second-order valence-corrected chi connectivity index (χ2v) is 4.99. The van der Waals surface area contributed by atoms with E-state index < -0.39 is 0 Å². The van der Waals surface area contributed by atoms with Gasteiger partial charge in [0.15, 0.2) is 5.65 Å². The van der Waals surface area contributed by atoms with Crippen molar-refractivity contribution in [1.82, 2.24) is 19.6 Å². The third-order valence-corrected chi connectivity index (χ3v) is 3.40. The van der Waals surface area contributed by atoms with Gasteiger partial charge >= 0.3 is 0 Å². The molecular formula is C17H12FN5. The van der Waals surface area contributed by atoms with Gasteiger partial charge in [-0.1, -0.05) is 18.2 Å². The molecule has 0 fully saturated rings. The third-order valence-electron chi connectivity index (χ3n) is 3.40. The van der Waals surface area contributed by atoms with Crippen molar-refractivity contribution in [2.75, 3.05) is 5.32 Å². The lowest BCUT2D eigenvalue weighted by Crippen LogP contribution is -1.96. The van der Waals surface area contributed by atoms with E-state index in [4.69, 9.17) is 0 Å². The second kappa shape index (κ2) is 5.49. The molecule has 0 saturated carbocycles. The predicted molar refractivity (Wildman–Crippen MR) is 85.9 cm³/mol. The Labute approximate surface area is 131 Å². The maximum absolute atomic E-state index is 13.5. The van der Waals surface area contributed by atoms with Crippen LogP contribution in [-0.2, 0) is 0 Å². The van der Waals surface area contributed by atoms with Crippen LogP contribution in [0.2, 0.25) is 0 Å². The molecule has 112 valence electrons. The van der Waals surface area contributed by atoms with Crippen molar-refractivity contribution in [2.45, 2.75) is 0 Å². The summed E-state index contributed by atoms with van der Waals surface area (Å²) in [6.45, 7) is 0. The SMILES string of the molecule is Fc1cccc(-c2cccc3nc(Nc4cccnc4)nn23)c1. The molecular weight excluding hydrogens is 293 g/mol. The number of hydrogen-bond acceptors (Lipinski definition) is 4. The molecule has 0 aliphatic rings. The first-order valence-electron chi connectivity index (χ1n) is 7.08. The van der Waals surface area contributed by atoms with Crippen molar-refractivity contribution in [3.05, 3.63) is 72.8 Å². The van der Waals surface area contributed by atoms with Crippen LogP contribution in [0.25, 0.3) is 16.9 Å². The van der Waals surface area contributed by atoms with Gasteiger partial charge in [0.05, 0.1) is 17.6 Å². The van der Waals surface area contributed by atoms with Gasteiger partial charge in [0.1, 0.15) is 5.82 Å². The molecule has 3 aromatic heterocycles. The van der Waals surface area contributed by atoms with Crippen LogP contribution in [0.1, 0.15) is 0 Å². The molecule has 0 aliphatic carbocycles. The summed E-state index contributed by atoms with van der Waals surface area (Å²) in [7, 11) is 0. The number of nitrogens with one attached hydrogen (secondary N) is 1. The summed E-state index contributed by atoms with van der Waals surface area (Å²) in [4.78, 5) is 8.48. The second-order valence-electron chi connectivity index (χ2n) is 4.99. The minimum absolute atomic E-state index is 0.284. The normalized spacial score (nSPS) is 10.8. The minimum Gasteiger partial charge on any atom is -0.321 e. The van der Waals surface area contributed by atoms with E-state index in [9.17, 15) is 4.39 Å². The zero-order valence-corrected chi connectivity index (χ0v) is 12.0. The van der Waals surface area contributed by atoms with Gasteiger partial charge in [0, 0.05) is 11.8 Å². The largest absolute Gasteiger partial charge is 0.321 e. The Morgan fingerprint density at radius 1 is 1.00 bits per heavy atom. The highest BCUT2D eigenvalue weighted by molar-refractivity contribution is 5.64. The van der Waals surface area contributed by atoms with Gasteiger partial charge in [-0.15, -0.1) is 5.10 Å². The molecule has 1 N–H and O–H groups in total. The molecule has 1 aromatic carbocycles. The van der Waals surface area contributed by atoms with Crippen molar-refractivity contribution < 1.29 is 4.39 Å². The van der Waals surface area contributed by atoms with Crippen molar-refractivity contribution in [3.63, 3.8) is 0 Å². The lowest BCUT2D eigenvalue weighted by atomic mass is 10.1. The summed E-state index contributed by atoms with van der Waals surface area (Å²) in [6.07, 6.45) is 3.39. The van der Waals surface area contributed by atoms with Crippen LogP contribution in [0.15, 0.2) is 67.0 Å². The van der Waals surface area contributed by atoms with Gasteiger partial charge in [0.2, 0.25) is 5.95 Å². The van der Waals surface area contributed by atoms with Crippen molar-refractivity contribution >= 4 is 17.3 Å². The molecule has 0 radical (unpaired) electrons. The summed E-state index contributed by atoms with van der Waals surface area (Å²) in [6, 6.07) is 15.7. The van der Waals surface area contributed by atoms with E-state index >= 15 is 0 Å². The van der Waals surface area contributed by atoms with Gasteiger partial charge < -0.3 is 5.32 Å². The van der Waals surface area contributed by atoms with E-state index in [0.717, 1.165) is 16.9 Å². The molecule has 0 atom stereocenters. The number of hydrogen-bond donors (Lipinski definition) is 1. The molecule has 5 nitrogen and oxygen atoms in total. The first-order chi connectivity index (χ1) is 11.3. The summed E-state index contributed by atoms with van der Waals surface area (Å²) in [5.41, 5.74) is 3.00. The van der Waals surface area contributed by atoms with Gasteiger partial charge in [-0.3, -0.25) is 4.98 Å². The molecule has 23 heavy (non-hydrogen) atoms. The zero-order chi connectivity index (χ0) is 15.6. The summed E-state index contributed by atoms with van der Waals surface area (Å²) in [5.74, 6) is 0.176. The summed E-state index contributed by atoms with van der Waals surface area (Å²) in [5, 5.41) is 7.56. The Kier molecular flexibility index (Phi) is 3.20. The Hall–Kier alpha value is -3.28. The van der Waals surface area contributed by atoms with E-state index in [1.54, 1.807) is 23.0 Å². The number of benzene rings is 1. The standard InChI is InChI=1S/C17H12FN5/c18-13-5-1-4-12(10-13)15-7-2-8-16-21-17(22-23(15)16)20-14-6-3-9-19-11-14/h1-11H,(H,20,22). The molecule has 0 bridgehead atoms. The number of fused-ring (bicyclic) bond motifs is 1.